The molecule has 2 aromatic heterocycles. The van der Waals surface area contributed by atoms with Crippen LogP contribution in [0.5, 0.6) is 0 Å². The third-order valence-corrected chi connectivity index (χ3v) is 11.3. The van der Waals surface area contributed by atoms with E-state index in [1.54, 1.807) is 35.9 Å². The van der Waals surface area contributed by atoms with E-state index in [2.05, 4.69) is 183 Å². The summed E-state index contributed by atoms with van der Waals surface area (Å²) < 4.78 is 11.2. The Bertz CT molecular complexity index is 3260. The van der Waals surface area contributed by atoms with Gasteiger partial charge < -0.3 is 8.83 Å². The Balaban J connectivity index is 0.000000153. The summed E-state index contributed by atoms with van der Waals surface area (Å²) in [6, 6.07) is 69.2. The zero-order valence-corrected chi connectivity index (χ0v) is 39.4. The van der Waals surface area contributed by atoms with Crippen LogP contribution >= 0.6 is 24.8 Å². The van der Waals surface area contributed by atoms with Gasteiger partial charge in [0.1, 0.15) is 0 Å². The molecule has 0 saturated heterocycles. The molecule has 0 aliphatic carbocycles. The normalized spacial score (nSPS) is 10.9. The van der Waals surface area contributed by atoms with E-state index in [0.717, 1.165) is 22.6 Å². The quantitative estimate of drug-likeness (QED) is 0.0998. The van der Waals surface area contributed by atoms with Gasteiger partial charge in [0.05, 0.1) is 24.0 Å². The molecule has 0 saturated carbocycles. The van der Waals surface area contributed by atoms with Crippen molar-refractivity contribution in [2.24, 2.45) is 0 Å². The van der Waals surface area contributed by atoms with E-state index in [-0.39, 0.29) is 30.2 Å². The van der Waals surface area contributed by atoms with Crippen LogP contribution in [-0.2, 0) is 23.3 Å². The van der Waals surface area contributed by atoms with Crippen LogP contribution < -0.4 is 0 Å². The van der Waals surface area contributed by atoms with E-state index in [9.17, 15) is 0 Å². The largest absolute Gasteiger partial charge is 0.499 e. The van der Waals surface area contributed by atoms with E-state index < -0.39 is 0 Å². The summed E-state index contributed by atoms with van der Waals surface area (Å²) in [6.45, 7) is 4.62. The molecule has 0 radical (unpaired) electrons. The average Bonchev–Trinajstić information content (AvgIpc) is 4.13. The van der Waals surface area contributed by atoms with E-state index >= 15 is 0 Å². The van der Waals surface area contributed by atoms with Gasteiger partial charge in [-0.1, -0.05) is 168 Å². The smallest absolute Gasteiger partial charge is 0.0796 e. The number of benzene rings is 8. The molecule has 10 aromatic carbocycles. The van der Waals surface area contributed by atoms with E-state index in [4.69, 9.17) is 8.83 Å². The summed E-state index contributed by atoms with van der Waals surface area (Å²) >= 11 is 1.74. The van der Waals surface area contributed by atoms with Crippen LogP contribution in [0.1, 0.15) is 0 Å². The summed E-state index contributed by atoms with van der Waals surface area (Å²) in [5.41, 5.74) is 7.52. The van der Waals surface area contributed by atoms with Gasteiger partial charge in [-0.25, -0.2) is 0 Å². The Labute approximate surface area is 388 Å². The van der Waals surface area contributed by atoms with Gasteiger partial charge in [0.15, 0.2) is 0 Å². The minimum Gasteiger partial charge on any atom is -0.499 e. The van der Waals surface area contributed by atoms with E-state index in [1.807, 2.05) is 24.3 Å². The standard InChI is InChI=1S/2C27H17O.C2H6Si.2ClH.Zr/c2*1-2-8-21-18(6-1)13-14-25-22(21)10-4-11-23(25)24-9-3-7-19-16-20(17-26(19)24)27-12-5-15-28-27;1-3-2;;;/h2*1-17H;1-2H3;2*1H;/q2*-1;;;;+2. The van der Waals surface area contributed by atoms with Crippen molar-refractivity contribution in [2.75, 3.05) is 0 Å². The molecule has 0 aliphatic heterocycles. The first-order valence-corrected chi connectivity index (χ1v) is 26.5. The molecule has 0 atom stereocenters. The SMILES string of the molecule is C[Si](C)=[Zr+2].Cl.Cl.c1coc(-c2cc3c(-c4cccc5c4ccc4ccccc45)cccc3[cH-]2)c1.c1coc(-c2cc3c(-c4cccc5c4ccc4ccccc45)cccc3[cH-]2)c1. The number of furan rings is 2. The van der Waals surface area contributed by atoms with Crippen molar-refractivity contribution in [3.63, 3.8) is 0 Å². The molecule has 0 amide bonds. The van der Waals surface area contributed by atoms with Gasteiger partial charge in [-0.3, -0.25) is 0 Å². The molecule has 0 N–H and O–H groups in total. The van der Waals surface area contributed by atoms with Gasteiger partial charge in [0, 0.05) is 0 Å². The van der Waals surface area contributed by atoms with Crippen molar-refractivity contribution in [2.45, 2.75) is 13.1 Å². The number of hydrogen-bond donors (Lipinski definition) is 0. The Morgan fingerprint density at radius 1 is 0.371 bits per heavy atom. The van der Waals surface area contributed by atoms with Crippen LogP contribution in [-0.4, -0.2) is 5.43 Å². The minimum absolute atomic E-state index is 0. The predicted molar refractivity (Wildman–Crippen MR) is 267 cm³/mol. The Morgan fingerprint density at radius 2 is 0.742 bits per heavy atom. The molecule has 0 unspecified atom stereocenters. The molecule has 0 spiro atoms. The van der Waals surface area contributed by atoms with Gasteiger partial charge in [0.25, 0.3) is 0 Å². The number of halogens is 2. The molecule has 300 valence electrons. The van der Waals surface area contributed by atoms with Gasteiger partial charge in [-0.2, -0.15) is 0 Å². The Kier molecular flexibility index (Phi) is 13.0. The number of hydrogen-bond acceptors (Lipinski definition) is 2. The van der Waals surface area contributed by atoms with Crippen LogP contribution in [0.3, 0.4) is 0 Å². The molecule has 12 rings (SSSR count). The van der Waals surface area contributed by atoms with Crippen molar-refractivity contribution < 1.29 is 32.2 Å². The van der Waals surface area contributed by atoms with Crippen molar-refractivity contribution in [1.29, 1.82) is 0 Å². The van der Waals surface area contributed by atoms with E-state index in [1.165, 1.54) is 86.9 Å². The number of fused-ring (bicyclic) bond motifs is 8. The summed E-state index contributed by atoms with van der Waals surface area (Å²) in [5.74, 6) is 1.82. The molecule has 62 heavy (non-hydrogen) atoms. The maximum Gasteiger partial charge on any atom is 0.0796 e. The fourth-order valence-electron chi connectivity index (χ4n) is 8.66. The Morgan fingerprint density at radius 3 is 1.15 bits per heavy atom. The minimum atomic E-state index is 0. The third-order valence-electron chi connectivity index (χ3n) is 11.3. The summed E-state index contributed by atoms with van der Waals surface area (Å²) in [6.07, 6.45) is 3.45. The summed E-state index contributed by atoms with van der Waals surface area (Å²) in [5, 5.41) is 15.3. The van der Waals surface area contributed by atoms with Gasteiger partial charge in [0.2, 0.25) is 0 Å². The van der Waals surface area contributed by atoms with Crippen LogP contribution in [0.15, 0.2) is 215 Å². The first-order chi connectivity index (χ1) is 29.5. The van der Waals surface area contributed by atoms with Crippen LogP contribution in [0.4, 0.5) is 0 Å². The summed E-state index contributed by atoms with van der Waals surface area (Å²) in [4.78, 5) is 0. The van der Waals surface area contributed by atoms with Gasteiger partial charge in [-0.05, 0) is 66.3 Å². The van der Waals surface area contributed by atoms with Gasteiger partial charge >= 0.3 is 41.9 Å². The molecule has 2 heterocycles. The first kappa shape index (κ1) is 42.9. The molecule has 0 fully saturated rings. The summed E-state index contributed by atoms with van der Waals surface area (Å²) in [7, 11) is 0. The molecule has 0 bridgehead atoms. The fourth-order valence-corrected chi connectivity index (χ4v) is 8.66. The van der Waals surface area contributed by atoms with E-state index in [0.29, 0.717) is 0 Å². The van der Waals surface area contributed by atoms with Gasteiger partial charge in [-0.15, -0.1) is 82.8 Å². The Hall–Kier alpha value is -5.74. The van der Waals surface area contributed by atoms with Crippen molar-refractivity contribution in [1.82, 2.24) is 0 Å². The topological polar surface area (TPSA) is 26.3 Å². The number of rotatable bonds is 4. The average molecular weight is 937 g/mol. The molecule has 6 heteroatoms. The molecular weight excluding hydrogens is 895 g/mol. The molecule has 12 aromatic rings. The second-order valence-electron chi connectivity index (χ2n) is 15.4. The monoisotopic (exact) mass is 934 g/mol. The van der Waals surface area contributed by atoms with Crippen molar-refractivity contribution >= 4 is 94.9 Å². The predicted octanol–water partition coefficient (Wildman–Crippen LogP) is 17.2. The van der Waals surface area contributed by atoms with Crippen molar-refractivity contribution in [3.05, 3.63) is 207 Å². The second kappa shape index (κ2) is 18.7. The van der Waals surface area contributed by atoms with Crippen molar-refractivity contribution in [3.8, 4) is 44.9 Å². The molecule has 0 aliphatic rings. The second-order valence-corrected chi connectivity index (χ2v) is 24.8. The molecular formula is C56H42Cl2O2SiZr. The van der Waals surface area contributed by atoms with Crippen LogP contribution in [0, 0.1) is 0 Å². The zero-order valence-electron chi connectivity index (χ0n) is 34.3. The third kappa shape index (κ3) is 8.29. The first-order valence-electron chi connectivity index (χ1n) is 20.3. The maximum atomic E-state index is 5.61. The fraction of sp³-hybridized carbons (Fsp3) is 0.0357. The van der Waals surface area contributed by atoms with Crippen LogP contribution in [0.2, 0.25) is 13.1 Å². The van der Waals surface area contributed by atoms with Crippen LogP contribution in [0.25, 0.3) is 110 Å². The maximum absolute atomic E-state index is 5.61. The zero-order chi connectivity index (χ0) is 40.6. The molecule has 2 nitrogen and oxygen atoms in total.